The topological polar surface area (TPSA) is 9.23 Å². The van der Waals surface area contributed by atoms with Crippen molar-refractivity contribution >= 4 is 11.6 Å². The summed E-state index contributed by atoms with van der Waals surface area (Å²) in [6, 6.07) is 18.2. The average Bonchev–Trinajstić information content (AvgIpc) is 2.38. The van der Waals surface area contributed by atoms with Gasteiger partial charge in [0.15, 0.2) is 0 Å². The predicted octanol–water partition coefficient (Wildman–Crippen LogP) is 4.27. The number of rotatable bonds is 4. The molecule has 0 radical (unpaired) electrons. The fourth-order valence-corrected chi connectivity index (χ4v) is 1.97. The third-order valence-corrected chi connectivity index (χ3v) is 3.04. The Bertz CT molecular complexity index is 450. The molecule has 2 aromatic rings. The van der Waals surface area contributed by atoms with Crippen molar-refractivity contribution < 1.29 is 4.74 Å². The molecule has 0 N–H and O–H groups in total. The van der Waals surface area contributed by atoms with Crippen LogP contribution < -0.4 is 0 Å². The summed E-state index contributed by atoms with van der Waals surface area (Å²) in [6.45, 7) is 0. The van der Waals surface area contributed by atoms with Crippen LogP contribution >= 0.6 is 11.6 Å². The molecule has 2 aromatic carbocycles. The molecule has 1 unspecified atom stereocenters. The van der Waals surface area contributed by atoms with Gasteiger partial charge in [-0.1, -0.05) is 54.1 Å². The molecule has 0 aromatic heterocycles. The standard InChI is InChI=1S/C15H15ClO/c1-17-15(11-12-5-3-2-4-6-12)13-7-9-14(16)10-8-13/h2-10,15H,11H2,1H3. The lowest BCUT2D eigenvalue weighted by Gasteiger charge is -2.15. The van der Waals surface area contributed by atoms with Gasteiger partial charge in [0.1, 0.15) is 0 Å². The van der Waals surface area contributed by atoms with Gasteiger partial charge in [-0.2, -0.15) is 0 Å². The maximum atomic E-state index is 5.88. The van der Waals surface area contributed by atoms with Crippen molar-refractivity contribution in [1.29, 1.82) is 0 Å². The van der Waals surface area contributed by atoms with Crippen LogP contribution in [0.5, 0.6) is 0 Å². The molecule has 0 saturated heterocycles. The highest BCUT2D eigenvalue weighted by molar-refractivity contribution is 6.30. The maximum absolute atomic E-state index is 5.88. The lowest BCUT2D eigenvalue weighted by atomic mass is 10.0. The summed E-state index contributed by atoms with van der Waals surface area (Å²) in [7, 11) is 1.74. The number of ether oxygens (including phenoxy) is 1. The molecule has 2 rings (SSSR count). The van der Waals surface area contributed by atoms with Crippen LogP contribution in [0.1, 0.15) is 17.2 Å². The molecule has 0 bridgehead atoms. The van der Waals surface area contributed by atoms with Crippen molar-refractivity contribution in [3.8, 4) is 0 Å². The lowest BCUT2D eigenvalue weighted by Crippen LogP contribution is -2.05. The molecule has 0 amide bonds. The third-order valence-electron chi connectivity index (χ3n) is 2.79. The van der Waals surface area contributed by atoms with Gasteiger partial charge in [-0.3, -0.25) is 0 Å². The monoisotopic (exact) mass is 246 g/mol. The van der Waals surface area contributed by atoms with E-state index in [1.54, 1.807) is 7.11 Å². The van der Waals surface area contributed by atoms with Crippen LogP contribution in [0.25, 0.3) is 0 Å². The van der Waals surface area contributed by atoms with Gasteiger partial charge in [-0.15, -0.1) is 0 Å². The predicted molar refractivity (Wildman–Crippen MR) is 71.3 cm³/mol. The third kappa shape index (κ3) is 3.32. The highest BCUT2D eigenvalue weighted by Gasteiger charge is 2.10. The van der Waals surface area contributed by atoms with Crippen molar-refractivity contribution in [1.82, 2.24) is 0 Å². The van der Waals surface area contributed by atoms with E-state index >= 15 is 0 Å². The number of benzene rings is 2. The largest absolute Gasteiger partial charge is 0.376 e. The van der Waals surface area contributed by atoms with E-state index in [-0.39, 0.29) is 6.10 Å². The van der Waals surface area contributed by atoms with Crippen LogP contribution in [0.2, 0.25) is 5.02 Å². The maximum Gasteiger partial charge on any atom is 0.0861 e. The van der Waals surface area contributed by atoms with E-state index in [0.717, 1.165) is 17.0 Å². The van der Waals surface area contributed by atoms with Gasteiger partial charge in [0.05, 0.1) is 6.10 Å². The second-order valence-corrected chi connectivity index (χ2v) is 4.40. The van der Waals surface area contributed by atoms with Crippen LogP contribution in [-0.2, 0) is 11.2 Å². The SMILES string of the molecule is COC(Cc1ccccc1)c1ccc(Cl)cc1. The second kappa shape index (κ2) is 5.85. The van der Waals surface area contributed by atoms with Gasteiger partial charge >= 0.3 is 0 Å². The summed E-state index contributed by atoms with van der Waals surface area (Å²) in [5.41, 5.74) is 2.43. The minimum absolute atomic E-state index is 0.0784. The van der Waals surface area contributed by atoms with Gasteiger partial charge in [0.2, 0.25) is 0 Å². The Kier molecular flexibility index (Phi) is 4.18. The number of methoxy groups -OCH3 is 1. The molecular weight excluding hydrogens is 232 g/mol. The van der Waals surface area contributed by atoms with Crippen molar-refractivity contribution in [2.24, 2.45) is 0 Å². The number of halogens is 1. The van der Waals surface area contributed by atoms with Crippen molar-refractivity contribution in [3.63, 3.8) is 0 Å². The Morgan fingerprint density at radius 1 is 1.00 bits per heavy atom. The molecule has 0 aliphatic heterocycles. The van der Waals surface area contributed by atoms with E-state index in [1.165, 1.54) is 5.56 Å². The second-order valence-electron chi connectivity index (χ2n) is 3.97. The Morgan fingerprint density at radius 2 is 1.65 bits per heavy atom. The highest BCUT2D eigenvalue weighted by atomic mass is 35.5. The first-order chi connectivity index (χ1) is 8.29. The zero-order valence-corrected chi connectivity index (χ0v) is 10.5. The first-order valence-corrected chi connectivity index (χ1v) is 5.99. The summed E-state index contributed by atoms with van der Waals surface area (Å²) >= 11 is 5.88. The van der Waals surface area contributed by atoms with E-state index < -0.39 is 0 Å². The molecule has 0 saturated carbocycles. The van der Waals surface area contributed by atoms with Gasteiger partial charge in [-0.25, -0.2) is 0 Å². The molecule has 0 fully saturated rings. The van der Waals surface area contributed by atoms with Crippen LogP contribution in [0, 0.1) is 0 Å². The molecule has 0 aliphatic carbocycles. The smallest absolute Gasteiger partial charge is 0.0861 e. The normalized spacial score (nSPS) is 12.4. The average molecular weight is 247 g/mol. The summed E-state index contributed by atoms with van der Waals surface area (Å²) in [5.74, 6) is 0. The van der Waals surface area contributed by atoms with E-state index in [1.807, 2.05) is 42.5 Å². The summed E-state index contributed by atoms with van der Waals surface area (Å²) in [4.78, 5) is 0. The van der Waals surface area contributed by atoms with Crippen LogP contribution in [0.4, 0.5) is 0 Å². The quantitative estimate of drug-likeness (QED) is 0.783. The van der Waals surface area contributed by atoms with Gasteiger partial charge in [-0.05, 0) is 23.3 Å². The van der Waals surface area contributed by atoms with E-state index in [4.69, 9.17) is 16.3 Å². The minimum Gasteiger partial charge on any atom is -0.376 e. The highest BCUT2D eigenvalue weighted by Crippen LogP contribution is 2.23. The zero-order valence-electron chi connectivity index (χ0n) is 9.77. The van der Waals surface area contributed by atoms with Crippen molar-refractivity contribution in [3.05, 3.63) is 70.7 Å². The van der Waals surface area contributed by atoms with E-state index in [9.17, 15) is 0 Å². The molecule has 0 aliphatic rings. The molecule has 1 nitrogen and oxygen atoms in total. The molecule has 2 heteroatoms. The van der Waals surface area contributed by atoms with Gasteiger partial charge in [0, 0.05) is 18.6 Å². The number of hydrogen-bond donors (Lipinski definition) is 0. The summed E-state index contributed by atoms with van der Waals surface area (Å²) < 4.78 is 5.54. The molecule has 0 heterocycles. The Hall–Kier alpha value is -1.31. The Balaban J connectivity index is 2.14. The van der Waals surface area contributed by atoms with Crippen molar-refractivity contribution in [2.75, 3.05) is 7.11 Å². The zero-order chi connectivity index (χ0) is 12.1. The minimum atomic E-state index is 0.0784. The van der Waals surface area contributed by atoms with Crippen molar-refractivity contribution in [2.45, 2.75) is 12.5 Å². The molecular formula is C15H15ClO. The van der Waals surface area contributed by atoms with Gasteiger partial charge in [0.25, 0.3) is 0 Å². The molecule has 1 atom stereocenters. The van der Waals surface area contributed by atoms with Crippen LogP contribution in [-0.4, -0.2) is 7.11 Å². The molecule has 0 spiro atoms. The van der Waals surface area contributed by atoms with E-state index in [2.05, 4.69) is 12.1 Å². The first kappa shape index (κ1) is 12.2. The van der Waals surface area contributed by atoms with Crippen LogP contribution in [0.15, 0.2) is 54.6 Å². The molecule has 88 valence electrons. The fraction of sp³-hybridized carbons (Fsp3) is 0.200. The fourth-order valence-electron chi connectivity index (χ4n) is 1.84. The Labute approximate surface area is 107 Å². The van der Waals surface area contributed by atoms with E-state index in [0.29, 0.717) is 0 Å². The molecule has 17 heavy (non-hydrogen) atoms. The van der Waals surface area contributed by atoms with Crippen LogP contribution in [0.3, 0.4) is 0 Å². The summed E-state index contributed by atoms with van der Waals surface area (Å²) in [6.07, 6.45) is 0.952. The number of hydrogen-bond acceptors (Lipinski definition) is 1. The summed E-state index contributed by atoms with van der Waals surface area (Å²) in [5, 5.41) is 0.753. The Morgan fingerprint density at radius 3 is 2.24 bits per heavy atom. The lowest BCUT2D eigenvalue weighted by molar-refractivity contribution is 0.104. The first-order valence-electron chi connectivity index (χ1n) is 5.62. The van der Waals surface area contributed by atoms with Gasteiger partial charge < -0.3 is 4.74 Å².